The topological polar surface area (TPSA) is 68.1 Å². The molecule has 0 aromatic carbocycles. The van der Waals surface area contributed by atoms with Crippen LogP contribution in [-0.4, -0.2) is 60.9 Å². The summed E-state index contributed by atoms with van der Waals surface area (Å²) in [5.41, 5.74) is 0.825. The highest BCUT2D eigenvalue weighted by Gasteiger charge is 2.20. The lowest BCUT2D eigenvalue weighted by Gasteiger charge is -2.34. The van der Waals surface area contributed by atoms with Gasteiger partial charge >= 0.3 is 0 Å². The second kappa shape index (κ2) is 8.42. The first kappa shape index (κ1) is 17.1. The molecule has 0 bridgehead atoms. The molecule has 0 unspecified atom stereocenters. The molecular weight excluding hydrogens is 300 g/mol. The molecule has 6 heteroatoms. The van der Waals surface area contributed by atoms with Crippen molar-refractivity contribution in [2.24, 2.45) is 5.92 Å². The Hall–Kier alpha value is -1.69. The monoisotopic (exact) mass is 330 g/mol. The summed E-state index contributed by atoms with van der Waals surface area (Å²) >= 11 is 0. The number of hydrogen-bond acceptors (Lipinski definition) is 6. The molecule has 1 aliphatic heterocycles. The van der Waals surface area contributed by atoms with E-state index in [1.165, 1.54) is 44.7 Å². The Bertz CT molecular complexity index is 532. The molecule has 6 nitrogen and oxygen atoms in total. The summed E-state index contributed by atoms with van der Waals surface area (Å²) in [5.74, 6) is 2.56. The average molecular weight is 330 g/mol. The predicted molar refractivity (Wildman–Crippen MR) is 99.3 cm³/mol. The lowest BCUT2D eigenvalue weighted by atomic mass is 9.87. The second-order valence-electron chi connectivity index (χ2n) is 7.11. The van der Waals surface area contributed by atoms with Crippen molar-refractivity contribution in [2.75, 3.05) is 50.0 Å². The maximum atomic E-state index is 7.83. The molecule has 0 atom stereocenters. The quantitative estimate of drug-likeness (QED) is 0.785. The van der Waals surface area contributed by atoms with Crippen LogP contribution in [0.3, 0.4) is 0 Å². The zero-order valence-electron chi connectivity index (χ0n) is 14.8. The summed E-state index contributed by atoms with van der Waals surface area (Å²) in [6.07, 6.45) is 11.1. The highest BCUT2D eigenvalue weighted by Crippen LogP contribution is 2.27. The Balaban J connectivity index is 1.62. The lowest BCUT2D eigenvalue weighted by Crippen LogP contribution is -2.45. The van der Waals surface area contributed by atoms with Crippen LogP contribution in [0.4, 0.5) is 11.6 Å². The molecule has 1 aromatic rings. The van der Waals surface area contributed by atoms with E-state index in [0.717, 1.165) is 55.8 Å². The third-order valence-electron chi connectivity index (χ3n) is 5.38. The van der Waals surface area contributed by atoms with Crippen molar-refractivity contribution < 1.29 is 0 Å². The lowest BCUT2D eigenvalue weighted by molar-refractivity contribution is 0.312. The van der Waals surface area contributed by atoms with E-state index in [9.17, 15) is 0 Å². The van der Waals surface area contributed by atoms with Crippen molar-refractivity contribution >= 4 is 17.9 Å². The predicted octanol–water partition coefficient (Wildman–Crippen LogP) is 2.61. The molecule has 2 fully saturated rings. The van der Waals surface area contributed by atoms with Gasteiger partial charge in [-0.3, -0.25) is 0 Å². The molecule has 24 heavy (non-hydrogen) atoms. The van der Waals surface area contributed by atoms with Crippen molar-refractivity contribution in [3.8, 4) is 0 Å². The van der Waals surface area contributed by atoms with Crippen molar-refractivity contribution in [1.29, 1.82) is 5.41 Å². The Morgan fingerprint density at radius 1 is 1.17 bits per heavy atom. The summed E-state index contributed by atoms with van der Waals surface area (Å²) in [6, 6.07) is 0. The van der Waals surface area contributed by atoms with Gasteiger partial charge in [0, 0.05) is 38.9 Å². The number of hydrogen-bond donors (Lipinski definition) is 2. The first-order valence-electron chi connectivity index (χ1n) is 9.30. The summed E-state index contributed by atoms with van der Waals surface area (Å²) < 4.78 is 0. The van der Waals surface area contributed by atoms with Crippen LogP contribution in [0.5, 0.6) is 0 Å². The number of anilines is 2. The van der Waals surface area contributed by atoms with Gasteiger partial charge in [-0.05, 0) is 19.4 Å². The van der Waals surface area contributed by atoms with E-state index < -0.39 is 0 Å². The summed E-state index contributed by atoms with van der Waals surface area (Å²) in [5, 5.41) is 11.3. The third kappa shape index (κ3) is 4.23. The van der Waals surface area contributed by atoms with Crippen molar-refractivity contribution in [1.82, 2.24) is 14.9 Å². The zero-order chi connectivity index (χ0) is 16.8. The van der Waals surface area contributed by atoms with Gasteiger partial charge in [-0.15, -0.1) is 0 Å². The normalized spacial score (nSPS) is 20.1. The fraction of sp³-hybridized carbons (Fsp3) is 0.722. The molecule has 2 aliphatic rings. The van der Waals surface area contributed by atoms with Gasteiger partial charge in [0.25, 0.3) is 0 Å². The van der Waals surface area contributed by atoms with E-state index >= 15 is 0 Å². The number of piperazine rings is 1. The first-order valence-corrected chi connectivity index (χ1v) is 9.30. The van der Waals surface area contributed by atoms with Crippen LogP contribution in [0.2, 0.25) is 0 Å². The van der Waals surface area contributed by atoms with E-state index in [0.29, 0.717) is 0 Å². The highest BCUT2D eigenvalue weighted by atomic mass is 15.3. The van der Waals surface area contributed by atoms with E-state index in [4.69, 9.17) is 5.41 Å². The Labute approximate surface area is 145 Å². The molecule has 2 heterocycles. The van der Waals surface area contributed by atoms with Gasteiger partial charge < -0.3 is 20.5 Å². The number of rotatable bonds is 6. The maximum absolute atomic E-state index is 7.83. The minimum atomic E-state index is 0.810. The van der Waals surface area contributed by atoms with Crippen molar-refractivity contribution in [3.05, 3.63) is 11.9 Å². The van der Waals surface area contributed by atoms with Crippen molar-refractivity contribution in [2.45, 2.75) is 38.5 Å². The van der Waals surface area contributed by atoms with Crippen LogP contribution in [0.15, 0.2) is 6.33 Å². The number of likely N-dealkylation sites (N-methyl/N-ethyl adjacent to an activating group) is 1. The molecular formula is C18H30N6. The van der Waals surface area contributed by atoms with Crippen LogP contribution in [-0.2, 0) is 0 Å². The number of nitrogens with zero attached hydrogens (tertiary/aromatic N) is 4. The van der Waals surface area contributed by atoms with Gasteiger partial charge in [0.05, 0.1) is 5.56 Å². The smallest absolute Gasteiger partial charge is 0.143 e. The molecule has 0 spiro atoms. The molecule has 0 radical (unpaired) electrons. The van der Waals surface area contributed by atoms with Crippen LogP contribution < -0.4 is 10.2 Å². The first-order chi connectivity index (χ1) is 11.8. The van der Waals surface area contributed by atoms with E-state index in [-0.39, 0.29) is 0 Å². The van der Waals surface area contributed by atoms with Gasteiger partial charge in [0.2, 0.25) is 0 Å². The molecule has 1 aliphatic carbocycles. The van der Waals surface area contributed by atoms with Gasteiger partial charge in [-0.2, -0.15) is 0 Å². The van der Waals surface area contributed by atoms with Gasteiger partial charge in [-0.25, -0.2) is 9.97 Å². The zero-order valence-corrected chi connectivity index (χ0v) is 14.8. The van der Waals surface area contributed by atoms with Crippen molar-refractivity contribution in [3.63, 3.8) is 0 Å². The van der Waals surface area contributed by atoms with Crippen LogP contribution in [0.1, 0.15) is 44.1 Å². The Morgan fingerprint density at radius 2 is 1.92 bits per heavy atom. The summed E-state index contributed by atoms with van der Waals surface area (Å²) in [6.45, 7) is 4.91. The van der Waals surface area contributed by atoms with Crippen LogP contribution >= 0.6 is 0 Å². The molecule has 1 saturated carbocycles. The molecule has 132 valence electrons. The average Bonchev–Trinajstić information content (AvgIpc) is 2.63. The SMILES string of the molecule is CN1CCN(c2ncnc(NCCC3CCCCC3)c2C=N)CC1. The minimum Gasteiger partial charge on any atom is -0.369 e. The molecule has 2 N–H and O–H groups in total. The number of nitrogens with one attached hydrogen (secondary N) is 2. The second-order valence-corrected chi connectivity index (χ2v) is 7.11. The third-order valence-corrected chi connectivity index (χ3v) is 5.38. The maximum Gasteiger partial charge on any atom is 0.143 e. The molecule has 1 saturated heterocycles. The van der Waals surface area contributed by atoms with Gasteiger partial charge in [0.1, 0.15) is 18.0 Å². The van der Waals surface area contributed by atoms with Gasteiger partial charge in [-0.1, -0.05) is 32.1 Å². The summed E-state index contributed by atoms with van der Waals surface area (Å²) in [4.78, 5) is 13.5. The largest absolute Gasteiger partial charge is 0.369 e. The standard InChI is InChI=1S/C18H30N6/c1-23-9-11-24(12-10-23)18-16(13-19)17(21-14-22-18)20-8-7-15-5-3-2-4-6-15/h13-15,19H,2-12H2,1H3,(H,20,21,22). The molecule has 1 aromatic heterocycles. The Kier molecular flexibility index (Phi) is 6.01. The van der Waals surface area contributed by atoms with E-state index in [1.807, 2.05) is 0 Å². The van der Waals surface area contributed by atoms with E-state index in [2.05, 4.69) is 32.1 Å². The molecule has 3 rings (SSSR count). The number of aromatic nitrogens is 2. The summed E-state index contributed by atoms with van der Waals surface area (Å²) in [7, 11) is 2.15. The molecule has 0 amide bonds. The van der Waals surface area contributed by atoms with Crippen LogP contribution in [0, 0.1) is 11.3 Å². The fourth-order valence-corrected chi connectivity index (χ4v) is 3.80. The van der Waals surface area contributed by atoms with Crippen LogP contribution in [0.25, 0.3) is 0 Å². The Morgan fingerprint density at radius 3 is 2.62 bits per heavy atom. The van der Waals surface area contributed by atoms with Gasteiger partial charge in [0.15, 0.2) is 0 Å². The minimum absolute atomic E-state index is 0.810. The highest BCUT2D eigenvalue weighted by molar-refractivity contribution is 5.90. The van der Waals surface area contributed by atoms with E-state index in [1.54, 1.807) is 6.33 Å². The fourth-order valence-electron chi connectivity index (χ4n) is 3.80.